The lowest BCUT2D eigenvalue weighted by Crippen LogP contribution is -2.50. The minimum Gasteiger partial charge on any atom is -0.480 e. The normalized spacial score (nSPS) is 10.7. The number of carboxylic acids is 1. The number of aliphatic carboxylic acids is 1. The Kier molecular flexibility index (Phi) is 4.62. The molecule has 0 saturated heterocycles. The Morgan fingerprint density at radius 2 is 1.41 bits per heavy atom. The van der Waals surface area contributed by atoms with Crippen molar-refractivity contribution in [3.05, 3.63) is 0 Å². The molecule has 0 aliphatic rings. The first-order valence-electron chi connectivity index (χ1n) is 4.68. The molecular weight excluding hydrogens is 230 g/mol. The van der Waals surface area contributed by atoms with Gasteiger partial charge in [-0.15, -0.1) is 0 Å². The molecule has 0 rings (SSSR count). The summed E-state index contributed by atoms with van der Waals surface area (Å²) in [5, 5.41) is 8.85. The third-order valence-corrected chi connectivity index (χ3v) is 2.05. The van der Waals surface area contributed by atoms with Crippen LogP contribution in [0.15, 0.2) is 0 Å². The fourth-order valence-corrected chi connectivity index (χ4v) is 1.06. The number of rotatable bonds is 6. The lowest BCUT2D eigenvalue weighted by molar-refractivity contribution is -0.159. The van der Waals surface area contributed by atoms with Crippen molar-refractivity contribution >= 4 is 23.7 Å². The third kappa shape index (κ3) is 4.09. The number of primary amides is 2. The average Bonchev–Trinajstić information content (AvgIpc) is 2.13. The Morgan fingerprint density at radius 3 is 1.65 bits per heavy atom. The second-order valence-electron chi connectivity index (χ2n) is 4.02. The van der Waals surface area contributed by atoms with Crippen LogP contribution < -0.4 is 11.5 Å². The number of carbonyl (C=O) groups is 4. The van der Waals surface area contributed by atoms with E-state index in [1.807, 2.05) is 0 Å². The Bertz CT molecular complexity index is 348. The molecule has 0 heterocycles. The molecule has 0 radical (unpaired) electrons. The highest BCUT2D eigenvalue weighted by Gasteiger charge is 2.40. The summed E-state index contributed by atoms with van der Waals surface area (Å²) in [7, 11) is 0. The van der Waals surface area contributed by atoms with Crippen LogP contribution >= 0.6 is 0 Å². The lowest BCUT2D eigenvalue weighted by atomic mass is 9.92. The molecule has 0 aromatic carbocycles. The van der Waals surface area contributed by atoms with E-state index in [0.717, 1.165) is 18.7 Å². The van der Waals surface area contributed by atoms with E-state index in [4.69, 9.17) is 16.6 Å². The SMILES string of the molecule is CC(C)(C(=O)O)C(=O)N(CC(N)=O)CC(N)=O. The zero-order valence-corrected chi connectivity index (χ0v) is 9.60. The molecule has 3 amide bonds. The molecule has 8 heteroatoms. The second-order valence-corrected chi connectivity index (χ2v) is 4.02. The van der Waals surface area contributed by atoms with Gasteiger partial charge in [-0.05, 0) is 13.8 Å². The fourth-order valence-electron chi connectivity index (χ4n) is 1.06. The van der Waals surface area contributed by atoms with Crippen LogP contribution in [0.5, 0.6) is 0 Å². The van der Waals surface area contributed by atoms with Crippen LogP contribution in [0.25, 0.3) is 0 Å². The predicted octanol–water partition coefficient (Wildman–Crippen LogP) is -2.10. The van der Waals surface area contributed by atoms with Crippen molar-refractivity contribution in [3.63, 3.8) is 0 Å². The minimum absolute atomic E-state index is 0.557. The Morgan fingerprint density at radius 1 is 1.06 bits per heavy atom. The van der Waals surface area contributed by atoms with Crippen molar-refractivity contribution in [1.29, 1.82) is 0 Å². The van der Waals surface area contributed by atoms with Gasteiger partial charge in [0.2, 0.25) is 17.7 Å². The number of carbonyl (C=O) groups excluding carboxylic acids is 3. The number of hydrogen-bond acceptors (Lipinski definition) is 4. The van der Waals surface area contributed by atoms with E-state index in [1.165, 1.54) is 0 Å². The van der Waals surface area contributed by atoms with Gasteiger partial charge in [-0.1, -0.05) is 0 Å². The molecule has 5 N–H and O–H groups in total. The van der Waals surface area contributed by atoms with Crippen molar-refractivity contribution < 1.29 is 24.3 Å². The quantitative estimate of drug-likeness (QED) is 0.459. The number of amides is 3. The molecular formula is C9H15N3O5. The van der Waals surface area contributed by atoms with Gasteiger partial charge in [-0.25, -0.2) is 0 Å². The molecule has 17 heavy (non-hydrogen) atoms. The highest BCUT2D eigenvalue weighted by atomic mass is 16.4. The van der Waals surface area contributed by atoms with E-state index < -0.39 is 42.2 Å². The van der Waals surface area contributed by atoms with Gasteiger partial charge in [0, 0.05) is 0 Å². The molecule has 0 atom stereocenters. The number of carboxylic acid groups (broad SMARTS) is 1. The summed E-state index contributed by atoms with van der Waals surface area (Å²) in [6, 6.07) is 0. The maximum atomic E-state index is 11.8. The Balaban J connectivity index is 5.04. The van der Waals surface area contributed by atoms with Gasteiger partial charge in [0.05, 0.1) is 13.1 Å². The standard InChI is InChI=1S/C9H15N3O5/c1-9(2,8(16)17)7(15)12(3-5(10)13)4-6(11)14/h3-4H2,1-2H3,(H2,10,13)(H2,11,14)(H,16,17). The van der Waals surface area contributed by atoms with Gasteiger partial charge < -0.3 is 21.5 Å². The summed E-state index contributed by atoms with van der Waals surface area (Å²) >= 11 is 0. The molecule has 0 bridgehead atoms. The van der Waals surface area contributed by atoms with Crippen LogP contribution in [0.4, 0.5) is 0 Å². The molecule has 0 unspecified atom stereocenters. The molecule has 0 spiro atoms. The number of nitrogens with zero attached hydrogens (tertiary/aromatic N) is 1. The van der Waals surface area contributed by atoms with Gasteiger partial charge in [0.15, 0.2) is 0 Å². The first-order valence-corrected chi connectivity index (χ1v) is 4.68. The maximum absolute atomic E-state index is 11.8. The van der Waals surface area contributed by atoms with Crippen molar-refractivity contribution in [1.82, 2.24) is 4.90 Å². The van der Waals surface area contributed by atoms with Crippen LogP contribution in [-0.4, -0.2) is 46.8 Å². The van der Waals surface area contributed by atoms with Crippen LogP contribution in [0, 0.1) is 5.41 Å². The molecule has 0 fully saturated rings. The highest BCUT2D eigenvalue weighted by Crippen LogP contribution is 2.18. The highest BCUT2D eigenvalue weighted by molar-refractivity contribution is 6.03. The summed E-state index contributed by atoms with van der Waals surface area (Å²) in [4.78, 5) is 44.8. The molecule has 96 valence electrons. The predicted molar refractivity (Wildman–Crippen MR) is 56.4 cm³/mol. The van der Waals surface area contributed by atoms with E-state index in [1.54, 1.807) is 0 Å². The van der Waals surface area contributed by atoms with E-state index >= 15 is 0 Å². The van der Waals surface area contributed by atoms with E-state index in [2.05, 4.69) is 0 Å². The first kappa shape index (κ1) is 14.9. The molecule has 0 saturated carbocycles. The number of nitrogens with two attached hydrogens (primary N) is 2. The number of hydrogen-bond donors (Lipinski definition) is 3. The van der Waals surface area contributed by atoms with Gasteiger partial charge >= 0.3 is 5.97 Å². The summed E-state index contributed by atoms with van der Waals surface area (Å²) in [5.74, 6) is -3.99. The van der Waals surface area contributed by atoms with Gasteiger partial charge in [0.25, 0.3) is 0 Å². The molecule has 0 aromatic heterocycles. The summed E-state index contributed by atoms with van der Waals surface area (Å²) in [6.45, 7) is 1.20. The van der Waals surface area contributed by atoms with E-state index in [-0.39, 0.29) is 0 Å². The Labute approximate surface area is 97.5 Å². The van der Waals surface area contributed by atoms with E-state index in [9.17, 15) is 19.2 Å². The smallest absolute Gasteiger partial charge is 0.318 e. The maximum Gasteiger partial charge on any atom is 0.318 e. The molecule has 0 aliphatic heterocycles. The third-order valence-electron chi connectivity index (χ3n) is 2.05. The van der Waals surface area contributed by atoms with Crippen molar-refractivity contribution in [2.24, 2.45) is 16.9 Å². The average molecular weight is 245 g/mol. The van der Waals surface area contributed by atoms with Crippen LogP contribution in [0.2, 0.25) is 0 Å². The zero-order valence-electron chi connectivity index (χ0n) is 9.60. The van der Waals surface area contributed by atoms with Gasteiger partial charge in [-0.3, -0.25) is 19.2 Å². The molecule has 0 aromatic rings. The van der Waals surface area contributed by atoms with Crippen molar-refractivity contribution in [2.45, 2.75) is 13.8 Å². The van der Waals surface area contributed by atoms with Crippen LogP contribution in [0.1, 0.15) is 13.8 Å². The second kappa shape index (κ2) is 5.28. The lowest BCUT2D eigenvalue weighted by Gasteiger charge is -2.27. The van der Waals surface area contributed by atoms with Gasteiger partial charge in [-0.2, -0.15) is 0 Å². The summed E-state index contributed by atoms with van der Waals surface area (Å²) < 4.78 is 0. The monoisotopic (exact) mass is 245 g/mol. The van der Waals surface area contributed by atoms with Crippen molar-refractivity contribution in [3.8, 4) is 0 Å². The Hall–Kier alpha value is -2.12. The van der Waals surface area contributed by atoms with Crippen LogP contribution in [0.3, 0.4) is 0 Å². The topological polar surface area (TPSA) is 144 Å². The minimum atomic E-state index is -1.76. The molecule has 8 nitrogen and oxygen atoms in total. The van der Waals surface area contributed by atoms with E-state index in [0.29, 0.717) is 0 Å². The van der Waals surface area contributed by atoms with Crippen LogP contribution in [-0.2, 0) is 19.2 Å². The van der Waals surface area contributed by atoms with Crippen molar-refractivity contribution in [2.75, 3.05) is 13.1 Å². The zero-order chi connectivity index (χ0) is 13.8. The first-order chi connectivity index (χ1) is 7.59. The largest absolute Gasteiger partial charge is 0.480 e. The molecule has 0 aliphatic carbocycles. The summed E-state index contributed by atoms with van der Waals surface area (Å²) in [5.41, 5.74) is 8.03. The summed E-state index contributed by atoms with van der Waals surface area (Å²) in [6.07, 6.45) is 0. The van der Waals surface area contributed by atoms with Gasteiger partial charge in [0.1, 0.15) is 5.41 Å². The fraction of sp³-hybridized carbons (Fsp3) is 0.556.